The van der Waals surface area contributed by atoms with Crippen LogP contribution >= 0.6 is 0 Å². The molecule has 15 heavy (non-hydrogen) atoms. The molecular weight excluding hydrogens is 186 g/mol. The number of hydrogen-bond donors (Lipinski definition) is 1. The molecule has 0 aromatic rings. The van der Waals surface area contributed by atoms with Gasteiger partial charge in [0.25, 0.3) is 0 Å². The van der Waals surface area contributed by atoms with Crippen LogP contribution in [0.15, 0.2) is 0 Å². The molecule has 0 aliphatic carbocycles. The monoisotopic (exact) mass is 213 g/mol. The molecule has 2 heteroatoms. The van der Waals surface area contributed by atoms with Crippen molar-refractivity contribution in [3.63, 3.8) is 0 Å². The number of aliphatic hydroxyl groups excluding tert-OH is 1. The molecule has 1 heterocycles. The Bertz CT molecular complexity index is 179. The number of hydrogen-bond acceptors (Lipinski definition) is 2. The van der Waals surface area contributed by atoms with Crippen LogP contribution in [0.25, 0.3) is 0 Å². The average molecular weight is 213 g/mol. The zero-order valence-corrected chi connectivity index (χ0v) is 10.6. The van der Waals surface area contributed by atoms with Crippen molar-refractivity contribution in [2.45, 2.75) is 58.4 Å². The van der Waals surface area contributed by atoms with Gasteiger partial charge in [-0.2, -0.15) is 0 Å². The van der Waals surface area contributed by atoms with Crippen molar-refractivity contribution < 1.29 is 5.11 Å². The summed E-state index contributed by atoms with van der Waals surface area (Å²) < 4.78 is 0. The molecule has 0 bridgehead atoms. The van der Waals surface area contributed by atoms with E-state index in [1.54, 1.807) is 0 Å². The Kier molecular flexibility index (Phi) is 5.07. The third-order valence-electron chi connectivity index (χ3n) is 3.77. The van der Waals surface area contributed by atoms with Crippen LogP contribution in [0.3, 0.4) is 0 Å². The fraction of sp³-hybridized carbons (Fsp3) is 1.00. The highest BCUT2D eigenvalue weighted by Crippen LogP contribution is 2.33. The second-order valence-electron chi connectivity index (χ2n) is 5.52. The van der Waals surface area contributed by atoms with Crippen molar-refractivity contribution in [3.05, 3.63) is 0 Å². The summed E-state index contributed by atoms with van der Waals surface area (Å²) in [6.45, 7) is 9.78. The zero-order valence-electron chi connectivity index (χ0n) is 10.6. The van der Waals surface area contributed by atoms with Gasteiger partial charge >= 0.3 is 0 Å². The number of likely N-dealkylation sites (tertiary alicyclic amines) is 1. The normalized spacial score (nSPS) is 26.8. The molecule has 1 atom stereocenters. The molecule has 0 radical (unpaired) electrons. The first-order chi connectivity index (χ1) is 7.10. The predicted molar refractivity (Wildman–Crippen MR) is 65.0 cm³/mol. The van der Waals surface area contributed by atoms with E-state index in [0.29, 0.717) is 12.1 Å². The Balaban J connectivity index is 2.43. The lowest BCUT2D eigenvalue weighted by Gasteiger charge is -2.46. The van der Waals surface area contributed by atoms with E-state index in [1.165, 1.54) is 38.8 Å². The van der Waals surface area contributed by atoms with E-state index in [1.807, 2.05) is 0 Å². The van der Waals surface area contributed by atoms with Gasteiger partial charge < -0.3 is 5.11 Å². The third-order valence-corrected chi connectivity index (χ3v) is 3.77. The van der Waals surface area contributed by atoms with Crippen LogP contribution in [0.5, 0.6) is 0 Å². The van der Waals surface area contributed by atoms with Crippen LogP contribution in [0.2, 0.25) is 0 Å². The zero-order chi connectivity index (χ0) is 11.3. The van der Waals surface area contributed by atoms with Gasteiger partial charge in [-0.15, -0.1) is 0 Å². The largest absolute Gasteiger partial charge is 0.396 e. The van der Waals surface area contributed by atoms with Crippen LogP contribution in [0.4, 0.5) is 0 Å². The highest BCUT2D eigenvalue weighted by atomic mass is 16.3. The topological polar surface area (TPSA) is 23.5 Å². The number of nitrogens with zero attached hydrogens (tertiary/aromatic N) is 1. The van der Waals surface area contributed by atoms with Gasteiger partial charge in [-0.1, -0.05) is 13.3 Å². The number of piperidine rings is 1. The Morgan fingerprint density at radius 3 is 2.67 bits per heavy atom. The molecule has 1 unspecified atom stereocenters. The molecule has 1 N–H and O–H groups in total. The summed E-state index contributed by atoms with van der Waals surface area (Å²) in [6.07, 6.45) is 6.11. The van der Waals surface area contributed by atoms with E-state index in [9.17, 15) is 0 Å². The van der Waals surface area contributed by atoms with Crippen molar-refractivity contribution in [1.82, 2.24) is 4.90 Å². The lowest BCUT2D eigenvalue weighted by atomic mass is 9.81. The first kappa shape index (κ1) is 13.0. The molecule has 0 amide bonds. The second kappa shape index (κ2) is 5.86. The first-order valence-electron chi connectivity index (χ1n) is 6.46. The summed E-state index contributed by atoms with van der Waals surface area (Å²) in [7, 11) is 0. The van der Waals surface area contributed by atoms with Crippen molar-refractivity contribution in [1.29, 1.82) is 0 Å². The molecule has 0 aromatic heterocycles. The minimum absolute atomic E-state index is 0.341. The number of aliphatic hydroxyl groups is 1. The number of unbranched alkanes of at least 4 members (excludes halogenated alkanes) is 1. The molecule has 1 aliphatic rings. The summed E-state index contributed by atoms with van der Waals surface area (Å²) in [6, 6.07) is 0. The Morgan fingerprint density at radius 2 is 2.13 bits per heavy atom. The molecule has 1 rings (SSSR count). The first-order valence-corrected chi connectivity index (χ1v) is 6.46. The Morgan fingerprint density at radius 1 is 1.40 bits per heavy atom. The highest BCUT2D eigenvalue weighted by Gasteiger charge is 2.33. The average Bonchev–Trinajstić information content (AvgIpc) is 2.16. The van der Waals surface area contributed by atoms with Gasteiger partial charge in [0, 0.05) is 12.1 Å². The fourth-order valence-corrected chi connectivity index (χ4v) is 2.77. The van der Waals surface area contributed by atoms with E-state index >= 15 is 0 Å². The summed E-state index contributed by atoms with van der Waals surface area (Å²) >= 11 is 0. The van der Waals surface area contributed by atoms with Gasteiger partial charge in [-0.3, -0.25) is 4.90 Å². The lowest BCUT2D eigenvalue weighted by Crippen LogP contribution is -2.50. The van der Waals surface area contributed by atoms with Crippen molar-refractivity contribution in [2.75, 3.05) is 19.7 Å². The fourth-order valence-electron chi connectivity index (χ4n) is 2.77. The second-order valence-corrected chi connectivity index (χ2v) is 5.52. The maximum atomic E-state index is 8.98. The van der Waals surface area contributed by atoms with E-state index in [4.69, 9.17) is 5.11 Å². The van der Waals surface area contributed by atoms with E-state index in [0.717, 1.165) is 12.3 Å². The van der Waals surface area contributed by atoms with Gasteiger partial charge in [0.2, 0.25) is 0 Å². The smallest absolute Gasteiger partial charge is 0.0433 e. The molecule has 0 aromatic carbocycles. The van der Waals surface area contributed by atoms with Crippen LogP contribution < -0.4 is 0 Å². The maximum Gasteiger partial charge on any atom is 0.0433 e. The molecule has 2 nitrogen and oxygen atoms in total. The molecule has 0 saturated carbocycles. The maximum absolute atomic E-state index is 8.98. The molecule has 0 spiro atoms. The third kappa shape index (κ3) is 3.76. The molecule has 90 valence electrons. The van der Waals surface area contributed by atoms with Crippen molar-refractivity contribution in [2.24, 2.45) is 5.92 Å². The predicted octanol–water partition coefficient (Wildman–Crippen LogP) is 2.66. The summed E-state index contributed by atoms with van der Waals surface area (Å²) in [5, 5.41) is 8.98. The van der Waals surface area contributed by atoms with Crippen LogP contribution in [-0.4, -0.2) is 35.2 Å². The molecule has 1 saturated heterocycles. The van der Waals surface area contributed by atoms with Crippen LogP contribution in [-0.2, 0) is 0 Å². The van der Waals surface area contributed by atoms with Crippen LogP contribution in [0, 0.1) is 5.92 Å². The minimum Gasteiger partial charge on any atom is -0.396 e. The molecule has 1 aliphatic heterocycles. The Labute approximate surface area is 94.7 Å². The van der Waals surface area contributed by atoms with Gasteiger partial charge in [0.15, 0.2) is 0 Å². The molecular formula is C13H27NO. The van der Waals surface area contributed by atoms with Crippen molar-refractivity contribution in [3.8, 4) is 0 Å². The number of rotatable bonds is 5. The van der Waals surface area contributed by atoms with Crippen LogP contribution in [0.1, 0.15) is 52.9 Å². The van der Waals surface area contributed by atoms with E-state index in [2.05, 4.69) is 25.7 Å². The van der Waals surface area contributed by atoms with Gasteiger partial charge in [0.1, 0.15) is 0 Å². The lowest BCUT2D eigenvalue weighted by molar-refractivity contribution is 0.0381. The summed E-state index contributed by atoms with van der Waals surface area (Å²) in [5.41, 5.74) is 0.341. The highest BCUT2D eigenvalue weighted by molar-refractivity contribution is 4.89. The van der Waals surface area contributed by atoms with E-state index < -0.39 is 0 Å². The van der Waals surface area contributed by atoms with Gasteiger partial charge in [0.05, 0.1) is 0 Å². The quantitative estimate of drug-likeness (QED) is 0.759. The van der Waals surface area contributed by atoms with Gasteiger partial charge in [-0.25, -0.2) is 0 Å². The summed E-state index contributed by atoms with van der Waals surface area (Å²) in [5.74, 6) is 0.739. The minimum atomic E-state index is 0.341. The van der Waals surface area contributed by atoms with Gasteiger partial charge in [-0.05, 0) is 58.5 Å². The van der Waals surface area contributed by atoms with Crippen molar-refractivity contribution >= 4 is 0 Å². The summed E-state index contributed by atoms with van der Waals surface area (Å²) in [4.78, 5) is 2.63. The standard InChI is InChI=1S/C13H27NO/c1-4-5-8-14-9-6-12(7-10-15)11-13(14,2)3/h12,15H,4-11H2,1-3H3. The Hall–Kier alpha value is -0.0800. The SMILES string of the molecule is CCCCN1CCC(CCO)CC1(C)C. The molecule has 1 fully saturated rings. The van der Waals surface area contributed by atoms with E-state index in [-0.39, 0.29) is 0 Å².